The molecule has 0 saturated carbocycles. The number of cyclic esters (lactones) is 1. The maximum absolute atomic E-state index is 13.1. The third-order valence-corrected chi connectivity index (χ3v) is 5.23. The molecule has 2 aromatic carbocycles. The van der Waals surface area contributed by atoms with Gasteiger partial charge >= 0.3 is 6.09 Å². The van der Waals surface area contributed by atoms with Crippen LogP contribution in [0.2, 0.25) is 0 Å². The second kappa shape index (κ2) is 8.38. The molecule has 2 fully saturated rings. The molecule has 7 nitrogen and oxygen atoms in total. The Kier molecular flexibility index (Phi) is 5.50. The van der Waals surface area contributed by atoms with E-state index in [2.05, 4.69) is 14.8 Å². The topological polar surface area (TPSA) is 74.4 Å². The summed E-state index contributed by atoms with van der Waals surface area (Å²) in [6, 6.07) is 14.3. The molecular formula is C21H24FN5O2. The van der Waals surface area contributed by atoms with Crippen molar-refractivity contribution in [2.24, 2.45) is 10.7 Å². The van der Waals surface area contributed by atoms with Crippen molar-refractivity contribution < 1.29 is 13.9 Å². The average molecular weight is 397 g/mol. The number of aliphatic imine (C=N–C) groups is 1. The van der Waals surface area contributed by atoms with E-state index >= 15 is 0 Å². The number of amides is 1. The van der Waals surface area contributed by atoms with Gasteiger partial charge in [-0.05, 0) is 42.0 Å². The fraction of sp³-hybridized carbons (Fsp3) is 0.333. The Morgan fingerprint density at radius 2 is 1.62 bits per heavy atom. The molecule has 4 rings (SSSR count). The van der Waals surface area contributed by atoms with E-state index in [9.17, 15) is 9.18 Å². The minimum Gasteiger partial charge on any atom is -0.447 e. The molecule has 2 N–H and O–H groups in total. The molecule has 0 radical (unpaired) electrons. The van der Waals surface area contributed by atoms with Gasteiger partial charge in [0.05, 0.1) is 13.1 Å². The van der Waals surface area contributed by atoms with E-state index in [0.29, 0.717) is 25.7 Å². The van der Waals surface area contributed by atoms with Gasteiger partial charge in [0.2, 0.25) is 0 Å². The van der Waals surface area contributed by atoms with Crippen LogP contribution in [0.25, 0.3) is 0 Å². The number of rotatable bonds is 4. The fourth-order valence-corrected chi connectivity index (χ4v) is 3.53. The molecule has 2 heterocycles. The van der Waals surface area contributed by atoms with Crippen molar-refractivity contribution >= 4 is 23.4 Å². The maximum atomic E-state index is 13.1. The van der Waals surface area contributed by atoms with Crippen LogP contribution in [0.1, 0.15) is 5.56 Å². The first-order valence-electron chi connectivity index (χ1n) is 9.69. The quantitative estimate of drug-likeness (QED) is 0.634. The molecule has 2 aliphatic heterocycles. The molecule has 0 atom stereocenters. The summed E-state index contributed by atoms with van der Waals surface area (Å²) in [7, 11) is 0. The molecule has 1 amide bonds. The molecule has 2 aromatic rings. The van der Waals surface area contributed by atoms with Crippen molar-refractivity contribution in [3.8, 4) is 0 Å². The van der Waals surface area contributed by atoms with Crippen molar-refractivity contribution in [1.29, 1.82) is 0 Å². The summed E-state index contributed by atoms with van der Waals surface area (Å²) in [5, 5.41) is 0. The Hall–Kier alpha value is -3.29. The highest BCUT2D eigenvalue weighted by Crippen LogP contribution is 2.20. The minimum absolute atomic E-state index is 0.225. The summed E-state index contributed by atoms with van der Waals surface area (Å²) in [6.45, 7) is 4.63. The lowest BCUT2D eigenvalue weighted by atomic mass is 10.2. The first kappa shape index (κ1) is 19.0. The molecule has 0 aromatic heterocycles. The number of carbonyl (C=O) groups excluding carboxylic acids is 1. The third-order valence-electron chi connectivity index (χ3n) is 5.23. The van der Waals surface area contributed by atoms with Gasteiger partial charge in [-0.25, -0.2) is 14.2 Å². The van der Waals surface area contributed by atoms with Crippen molar-refractivity contribution in [3.63, 3.8) is 0 Å². The van der Waals surface area contributed by atoms with E-state index in [0.717, 1.165) is 43.1 Å². The van der Waals surface area contributed by atoms with Crippen LogP contribution in [-0.2, 0) is 11.3 Å². The number of benzene rings is 2. The molecule has 8 heteroatoms. The van der Waals surface area contributed by atoms with Crippen molar-refractivity contribution in [2.75, 3.05) is 49.1 Å². The van der Waals surface area contributed by atoms with Crippen LogP contribution in [0.4, 0.5) is 20.6 Å². The van der Waals surface area contributed by atoms with Crippen LogP contribution in [0.5, 0.6) is 0 Å². The molecule has 152 valence electrons. The molecule has 0 unspecified atom stereocenters. The van der Waals surface area contributed by atoms with E-state index in [4.69, 9.17) is 10.5 Å². The SMILES string of the molecule is NC(=NCc1ccc(N2CCOC2=O)cc1)N1CCN(c2ccc(F)cc2)CC1. The second-order valence-corrected chi connectivity index (χ2v) is 7.06. The van der Waals surface area contributed by atoms with Gasteiger partial charge in [0, 0.05) is 37.6 Å². The van der Waals surface area contributed by atoms with Gasteiger partial charge in [-0.2, -0.15) is 0 Å². The summed E-state index contributed by atoms with van der Waals surface area (Å²) in [6.07, 6.45) is -0.306. The highest BCUT2D eigenvalue weighted by molar-refractivity contribution is 5.89. The lowest BCUT2D eigenvalue weighted by Crippen LogP contribution is -2.51. The predicted octanol–water partition coefficient (Wildman–Crippen LogP) is 2.42. The summed E-state index contributed by atoms with van der Waals surface area (Å²) < 4.78 is 18.0. The largest absolute Gasteiger partial charge is 0.447 e. The first-order chi connectivity index (χ1) is 14.1. The fourth-order valence-electron chi connectivity index (χ4n) is 3.53. The summed E-state index contributed by atoms with van der Waals surface area (Å²) in [5.74, 6) is 0.299. The number of hydrogen-bond donors (Lipinski definition) is 1. The molecular weight excluding hydrogens is 373 g/mol. The van der Waals surface area contributed by atoms with E-state index in [-0.39, 0.29) is 11.9 Å². The van der Waals surface area contributed by atoms with E-state index in [1.165, 1.54) is 12.1 Å². The average Bonchev–Trinajstić information content (AvgIpc) is 3.19. The number of carbonyl (C=O) groups is 1. The summed E-state index contributed by atoms with van der Waals surface area (Å²) in [5.41, 5.74) is 9.05. The predicted molar refractivity (Wildman–Crippen MR) is 111 cm³/mol. The number of hydrogen-bond acceptors (Lipinski definition) is 4. The van der Waals surface area contributed by atoms with Crippen LogP contribution in [0, 0.1) is 5.82 Å². The van der Waals surface area contributed by atoms with Gasteiger partial charge in [0.25, 0.3) is 0 Å². The third kappa shape index (κ3) is 4.42. The Bertz CT molecular complexity index is 877. The molecule has 0 spiro atoms. The van der Waals surface area contributed by atoms with Crippen LogP contribution in [-0.4, -0.2) is 56.3 Å². The van der Waals surface area contributed by atoms with E-state index < -0.39 is 0 Å². The summed E-state index contributed by atoms with van der Waals surface area (Å²) in [4.78, 5) is 22.0. The first-order valence-corrected chi connectivity index (χ1v) is 9.69. The zero-order valence-corrected chi connectivity index (χ0v) is 16.1. The molecule has 29 heavy (non-hydrogen) atoms. The number of nitrogens with zero attached hydrogens (tertiary/aromatic N) is 4. The maximum Gasteiger partial charge on any atom is 0.414 e. The Labute approximate surface area is 169 Å². The molecule has 2 aliphatic rings. The normalized spacial score (nSPS) is 17.6. The number of anilines is 2. The van der Waals surface area contributed by atoms with Crippen LogP contribution in [0.15, 0.2) is 53.5 Å². The second-order valence-electron chi connectivity index (χ2n) is 7.06. The molecule has 0 bridgehead atoms. The monoisotopic (exact) mass is 397 g/mol. The van der Waals surface area contributed by atoms with Gasteiger partial charge in [0.1, 0.15) is 12.4 Å². The van der Waals surface area contributed by atoms with Gasteiger partial charge in [-0.1, -0.05) is 12.1 Å². The lowest BCUT2D eigenvalue weighted by molar-refractivity contribution is 0.181. The van der Waals surface area contributed by atoms with Gasteiger partial charge in [0.15, 0.2) is 5.96 Å². The number of piperazine rings is 1. The highest BCUT2D eigenvalue weighted by Gasteiger charge is 2.23. The van der Waals surface area contributed by atoms with E-state index in [1.807, 2.05) is 24.3 Å². The van der Waals surface area contributed by atoms with Gasteiger partial charge in [-0.3, -0.25) is 4.90 Å². The van der Waals surface area contributed by atoms with Gasteiger partial charge in [-0.15, -0.1) is 0 Å². The van der Waals surface area contributed by atoms with Crippen molar-refractivity contribution in [2.45, 2.75) is 6.54 Å². The molecule has 0 aliphatic carbocycles. The Balaban J connectivity index is 1.30. The smallest absolute Gasteiger partial charge is 0.414 e. The van der Waals surface area contributed by atoms with Crippen molar-refractivity contribution in [3.05, 3.63) is 59.9 Å². The zero-order valence-electron chi connectivity index (χ0n) is 16.1. The van der Waals surface area contributed by atoms with Crippen LogP contribution in [0.3, 0.4) is 0 Å². The van der Waals surface area contributed by atoms with E-state index in [1.54, 1.807) is 17.0 Å². The van der Waals surface area contributed by atoms with Crippen molar-refractivity contribution in [1.82, 2.24) is 4.90 Å². The van der Waals surface area contributed by atoms with Gasteiger partial charge < -0.3 is 20.3 Å². The minimum atomic E-state index is -0.306. The number of nitrogens with two attached hydrogens (primary N) is 1. The number of guanidine groups is 1. The molecule has 2 saturated heterocycles. The standard InChI is InChI=1S/C21H24FN5O2/c22-17-3-7-18(8-4-17)25-9-11-26(12-10-25)20(23)24-15-16-1-5-19(6-2-16)27-13-14-29-21(27)28/h1-8H,9-15H2,(H2,23,24). The zero-order chi connectivity index (χ0) is 20.2. The summed E-state index contributed by atoms with van der Waals surface area (Å²) >= 11 is 0. The highest BCUT2D eigenvalue weighted by atomic mass is 19.1. The van der Waals surface area contributed by atoms with Crippen LogP contribution >= 0.6 is 0 Å². The van der Waals surface area contributed by atoms with Crippen LogP contribution < -0.4 is 15.5 Å². The lowest BCUT2D eigenvalue weighted by Gasteiger charge is -2.36. The Morgan fingerprint density at radius 1 is 0.966 bits per heavy atom. The Morgan fingerprint density at radius 3 is 2.24 bits per heavy atom. The number of ether oxygens (including phenoxy) is 1. The number of halogens is 1.